The van der Waals surface area contributed by atoms with Crippen molar-refractivity contribution in [3.05, 3.63) is 52.5 Å². The molecule has 0 unspecified atom stereocenters. The highest BCUT2D eigenvalue weighted by Crippen LogP contribution is 2.31. The van der Waals surface area contributed by atoms with Gasteiger partial charge in [0.05, 0.1) is 37.7 Å². The van der Waals surface area contributed by atoms with Gasteiger partial charge in [-0.2, -0.15) is 0 Å². The second-order valence-corrected chi connectivity index (χ2v) is 6.76. The molecule has 2 aromatic carbocycles. The molecule has 1 heterocycles. The molecule has 6 heteroatoms. The minimum atomic E-state index is 0.543. The Morgan fingerprint density at radius 3 is 2.58 bits per heavy atom. The molecule has 0 atom stereocenters. The summed E-state index contributed by atoms with van der Waals surface area (Å²) in [6.07, 6.45) is 0. The van der Waals surface area contributed by atoms with Gasteiger partial charge in [-0.3, -0.25) is 0 Å². The summed E-state index contributed by atoms with van der Waals surface area (Å²) in [4.78, 5) is 10.7. The Bertz CT molecular complexity index is 865. The number of anilines is 1. The average Bonchev–Trinajstić information content (AvgIpc) is 2.54. The number of halogens is 2. The molecule has 1 aromatic heterocycles. The van der Waals surface area contributed by atoms with Crippen LogP contribution >= 0.6 is 23.2 Å². The number of hydrogen-bond acceptors (Lipinski definition) is 3. The van der Waals surface area contributed by atoms with E-state index in [0.717, 1.165) is 35.4 Å². The van der Waals surface area contributed by atoms with Gasteiger partial charge in [0.15, 0.2) is 5.82 Å². The number of para-hydroxylation sites is 1. The van der Waals surface area contributed by atoms with Crippen LogP contribution in [0.25, 0.3) is 22.3 Å². The van der Waals surface area contributed by atoms with Gasteiger partial charge in [0.25, 0.3) is 0 Å². The first-order valence-electron chi connectivity index (χ1n) is 7.79. The Kier molecular flexibility index (Phi) is 5.19. The number of nitrogens with zero attached hydrogens (tertiary/aromatic N) is 2. The molecule has 2 N–H and O–H groups in total. The molecule has 0 aliphatic rings. The van der Waals surface area contributed by atoms with E-state index in [1.165, 1.54) is 4.90 Å². The minimum Gasteiger partial charge on any atom is -0.364 e. The van der Waals surface area contributed by atoms with Crippen molar-refractivity contribution in [3.8, 4) is 11.4 Å². The number of quaternary nitrogens is 1. The molecular weight excluding hydrogens is 343 g/mol. The summed E-state index contributed by atoms with van der Waals surface area (Å²) in [7, 11) is 4.25. The number of rotatable bonds is 5. The van der Waals surface area contributed by atoms with Gasteiger partial charge in [0.1, 0.15) is 5.82 Å². The zero-order chi connectivity index (χ0) is 17.1. The third-order valence-electron chi connectivity index (χ3n) is 3.69. The van der Waals surface area contributed by atoms with Crippen LogP contribution in [0.1, 0.15) is 0 Å². The van der Waals surface area contributed by atoms with Crippen molar-refractivity contribution in [2.45, 2.75) is 0 Å². The summed E-state index contributed by atoms with van der Waals surface area (Å²) < 4.78 is 0. The summed E-state index contributed by atoms with van der Waals surface area (Å²) >= 11 is 12.3. The Morgan fingerprint density at radius 1 is 1.04 bits per heavy atom. The summed E-state index contributed by atoms with van der Waals surface area (Å²) in [5.41, 5.74) is 1.65. The lowest BCUT2D eigenvalue weighted by molar-refractivity contribution is -0.856. The third-order valence-corrected chi connectivity index (χ3v) is 4.24. The summed E-state index contributed by atoms with van der Waals surface area (Å²) in [5.74, 6) is 1.41. The molecule has 24 heavy (non-hydrogen) atoms. The molecule has 0 amide bonds. The highest BCUT2D eigenvalue weighted by atomic mass is 35.5. The Hall–Kier alpha value is -1.88. The van der Waals surface area contributed by atoms with Gasteiger partial charge in [-0.25, -0.2) is 9.97 Å². The lowest BCUT2D eigenvalue weighted by Gasteiger charge is -2.13. The molecular formula is C18H19Cl2N4+. The molecule has 4 nitrogen and oxygen atoms in total. The van der Waals surface area contributed by atoms with Crippen molar-refractivity contribution < 1.29 is 4.90 Å². The lowest BCUT2D eigenvalue weighted by Crippen LogP contribution is -3.06. The molecule has 3 aromatic rings. The van der Waals surface area contributed by atoms with Crippen LogP contribution in [-0.4, -0.2) is 37.2 Å². The highest BCUT2D eigenvalue weighted by molar-refractivity contribution is 6.36. The van der Waals surface area contributed by atoms with Crippen molar-refractivity contribution >= 4 is 39.9 Å². The smallest absolute Gasteiger partial charge is 0.163 e. The van der Waals surface area contributed by atoms with Crippen LogP contribution in [0.5, 0.6) is 0 Å². The van der Waals surface area contributed by atoms with Crippen LogP contribution in [0.2, 0.25) is 10.0 Å². The summed E-state index contributed by atoms with van der Waals surface area (Å²) in [5, 5.41) is 5.56. The van der Waals surface area contributed by atoms with Crippen LogP contribution in [0.3, 0.4) is 0 Å². The first-order valence-corrected chi connectivity index (χ1v) is 8.55. The fraction of sp³-hybridized carbons (Fsp3) is 0.222. The molecule has 0 spiro atoms. The fourth-order valence-corrected chi connectivity index (χ4v) is 2.93. The summed E-state index contributed by atoms with van der Waals surface area (Å²) in [6.45, 7) is 1.83. The largest absolute Gasteiger partial charge is 0.364 e. The zero-order valence-corrected chi connectivity index (χ0v) is 15.1. The van der Waals surface area contributed by atoms with E-state index in [4.69, 9.17) is 28.2 Å². The van der Waals surface area contributed by atoms with Crippen LogP contribution in [0, 0.1) is 0 Å². The van der Waals surface area contributed by atoms with Gasteiger partial charge in [-0.15, -0.1) is 0 Å². The van der Waals surface area contributed by atoms with E-state index in [2.05, 4.69) is 24.4 Å². The SMILES string of the molecule is C[NH+](C)CCNc1nc(-c2ccc(Cl)cc2Cl)nc2ccccc12. The second-order valence-electron chi connectivity index (χ2n) is 5.92. The first kappa shape index (κ1) is 17.0. The molecule has 0 saturated carbocycles. The summed E-state index contributed by atoms with van der Waals surface area (Å²) in [6, 6.07) is 13.3. The number of likely N-dealkylation sites (N-methyl/N-ethyl adjacent to an activating group) is 1. The van der Waals surface area contributed by atoms with Gasteiger partial charge < -0.3 is 10.2 Å². The molecule has 0 fully saturated rings. The van der Waals surface area contributed by atoms with Crippen LogP contribution in [-0.2, 0) is 0 Å². The zero-order valence-electron chi connectivity index (χ0n) is 13.6. The van der Waals surface area contributed by atoms with E-state index in [9.17, 15) is 0 Å². The fourth-order valence-electron chi connectivity index (χ4n) is 2.43. The first-order chi connectivity index (χ1) is 11.5. The maximum absolute atomic E-state index is 6.33. The number of hydrogen-bond donors (Lipinski definition) is 2. The Morgan fingerprint density at radius 2 is 1.83 bits per heavy atom. The van der Waals surface area contributed by atoms with Crippen molar-refractivity contribution in [2.75, 3.05) is 32.5 Å². The maximum Gasteiger partial charge on any atom is 0.163 e. The number of benzene rings is 2. The van der Waals surface area contributed by atoms with E-state index >= 15 is 0 Å². The Labute approximate surface area is 151 Å². The van der Waals surface area contributed by atoms with Crippen LogP contribution < -0.4 is 10.2 Å². The normalized spacial score (nSPS) is 11.2. The van der Waals surface area contributed by atoms with Gasteiger partial charge in [0.2, 0.25) is 0 Å². The van der Waals surface area contributed by atoms with E-state index in [0.29, 0.717) is 15.9 Å². The van der Waals surface area contributed by atoms with Crippen molar-refractivity contribution in [3.63, 3.8) is 0 Å². The van der Waals surface area contributed by atoms with E-state index in [-0.39, 0.29) is 0 Å². The molecule has 0 saturated heterocycles. The van der Waals surface area contributed by atoms with E-state index in [1.54, 1.807) is 12.1 Å². The molecule has 124 valence electrons. The topological polar surface area (TPSA) is 42.2 Å². The predicted molar refractivity (Wildman–Crippen MR) is 101 cm³/mol. The average molecular weight is 362 g/mol. The predicted octanol–water partition coefficient (Wildman–Crippen LogP) is 3.16. The van der Waals surface area contributed by atoms with Crippen molar-refractivity contribution in [2.24, 2.45) is 0 Å². The van der Waals surface area contributed by atoms with Crippen LogP contribution in [0.15, 0.2) is 42.5 Å². The molecule has 0 radical (unpaired) electrons. The van der Waals surface area contributed by atoms with Gasteiger partial charge in [0, 0.05) is 16.0 Å². The molecule has 0 aliphatic carbocycles. The van der Waals surface area contributed by atoms with Gasteiger partial charge in [-0.1, -0.05) is 35.3 Å². The second kappa shape index (κ2) is 7.34. The van der Waals surface area contributed by atoms with Crippen molar-refractivity contribution in [1.29, 1.82) is 0 Å². The Balaban J connectivity index is 2.05. The number of aromatic nitrogens is 2. The lowest BCUT2D eigenvalue weighted by atomic mass is 10.2. The molecule has 0 bridgehead atoms. The van der Waals surface area contributed by atoms with Crippen molar-refractivity contribution in [1.82, 2.24) is 9.97 Å². The third kappa shape index (κ3) is 3.78. The standard InChI is InChI=1S/C18H18Cl2N4/c1-24(2)10-9-21-17-14-5-3-4-6-16(14)22-18(23-17)13-8-7-12(19)11-15(13)20/h3-8,11H,9-10H2,1-2H3,(H,21,22,23)/p+1. The quantitative estimate of drug-likeness (QED) is 0.733. The van der Waals surface area contributed by atoms with E-state index in [1.807, 2.05) is 30.3 Å². The monoisotopic (exact) mass is 361 g/mol. The number of nitrogens with one attached hydrogen (secondary N) is 2. The van der Waals surface area contributed by atoms with Gasteiger partial charge >= 0.3 is 0 Å². The number of fused-ring (bicyclic) bond motifs is 1. The maximum atomic E-state index is 6.33. The molecule has 0 aliphatic heterocycles. The molecule has 3 rings (SSSR count). The highest BCUT2D eigenvalue weighted by Gasteiger charge is 2.12. The van der Waals surface area contributed by atoms with E-state index < -0.39 is 0 Å². The van der Waals surface area contributed by atoms with Crippen LogP contribution in [0.4, 0.5) is 5.82 Å². The minimum absolute atomic E-state index is 0.543. The van der Waals surface area contributed by atoms with Gasteiger partial charge in [-0.05, 0) is 30.3 Å².